The molecule has 0 saturated carbocycles. The molecular weight excluding hydrogens is 350 g/mol. The molecule has 3 rings (SSSR count). The number of anilines is 5. The van der Waals surface area contributed by atoms with Crippen LogP contribution in [0.2, 0.25) is 0 Å². The van der Waals surface area contributed by atoms with Crippen LogP contribution < -0.4 is 22.1 Å². The monoisotopic (exact) mass is 371 g/mol. The number of aryl methyl sites for hydroxylation is 2. The Morgan fingerprint density at radius 2 is 1.75 bits per heavy atom. The highest BCUT2D eigenvalue weighted by atomic mass is 15.2. The summed E-state index contributed by atoms with van der Waals surface area (Å²) in [5.41, 5.74) is 17.4. The smallest absolute Gasteiger partial charge is 0.229 e. The van der Waals surface area contributed by atoms with E-state index in [-0.39, 0.29) is 0 Å². The standard InChI is InChI=1S/C21H21N7/c1-13-9-16(7-8-22)10-14(2)19(13)27-20-18(24)12-25-21(28-20)26-17-5-3-15(11-23)4-6-17/h3-10,12H,22,24H2,1-2H3,(H2,25,26,27,28)/b8-7+. The summed E-state index contributed by atoms with van der Waals surface area (Å²) < 4.78 is 0. The highest BCUT2D eigenvalue weighted by molar-refractivity contribution is 5.74. The van der Waals surface area contributed by atoms with Crippen LogP contribution in [0.15, 0.2) is 48.8 Å². The van der Waals surface area contributed by atoms with Gasteiger partial charge in [0, 0.05) is 11.4 Å². The number of nitrogens with two attached hydrogens (primary N) is 2. The van der Waals surface area contributed by atoms with Crippen molar-refractivity contribution in [3.05, 3.63) is 71.0 Å². The summed E-state index contributed by atoms with van der Waals surface area (Å²) >= 11 is 0. The van der Waals surface area contributed by atoms with Crippen LogP contribution in [0, 0.1) is 25.2 Å². The minimum atomic E-state index is 0.402. The van der Waals surface area contributed by atoms with E-state index in [1.54, 1.807) is 30.5 Å². The summed E-state index contributed by atoms with van der Waals surface area (Å²) in [7, 11) is 0. The molecule has 0 bridgehead atoms. The molecule has 1 heterocycles. The first-order valence-corrected chi connectivity index (χ1v) is 8.66. The van der Waals surface area contributed by atoms with E-state index >= 15 is 0 Å². The number of rotatable bonds is 5. The van der Waals surface area contributed by atoms with Gasteiger partial charge in [-0.05, 0) is 79.2 Å². The molecule has 0 radical (unpaired) electrons. The average molecular weight is 371 g/mol. The molecule has 3 aromatic rings. The molecule has 7 nitrogen and oxygen atoms in total. The first-order chi connectivity index (χ1) is 13.5. The Morgan fingerprint density at radius 1 is 1.07 bits per heavy atom. The second kappa shape index (κ2) is 8.10. The van der Waals surface area contributed by atoms with Crippen LogP contribution in [-0.4, -0.2) is 9.97 Å². The van der Waals surface area contributed by atoms with E-state index in [1.807, 2.05) is 32.1 Å². The molecule has 140 valence electrons. The van der Waals surface area contributed by atoms with Gasteiger partial charge < -0.3 is 22.1 Å². The van der Waals surface area contributed by atoms with Gasteiger partial charge in [-0.2, -0.15) is 10.2 Å². The molecule has 0 aliphatic carbocycles. The van der Waals surface area contributed by atoms with Gasteiger partial charge in [0.25, 0.3) is 0 Å². The molecule has 0 unspecified atom stereocenters. The molecule has 1 aromatic heterocycles. The Balaban J connectivity index is 1.87. The van der Waals surface area contributed by atoms with E-state index in [9.17, 15) is 0 Å². The van der Waals surface area contributed by atoms with Crippen molar-refractivity contribution in [2.45, 2.75) is 13.8 Å². The number of nitrogens with one attached hydrogen (secondary N) is 2. The topological polar surface area (TPSA) is 126 Å². The van der Waals surface area contributed by atoms with Gasteiger partial charge in [-0.15, -0.1) is 0 Å². The summed E-state index contributed by atoms with van der Waals surface area (Å²) in [6, 6.07) is 13.2. The normalized spacial score (nSPS) is 10.6. The zero-order valence-corrected chi connectivity index (χ0v) is 15.7. The Labute approximate surface area is 163 Å². The third kappa shape index (κ3) is 4.19. The number of aromatic nitrogens is 2. The molecule has 0 fully saturated rings. The van der Waals surface area contributed by atoms with Gasteiger partial charge in [-0.1, -0.05) is 0 Å². The van der Waals surface area contributed by atoms with Crippen LogP contribution in [0.1, 0.15) is 22.3 Å². The van der Waals surface area contributed by atoms with Crippen LogP contribution in [0.5, 0.6) is 0 Å². The molecule has 0 atom stereocenters. The lowest BCUT2D eigenvalue weighted by Gasteiger charge is -2.15. The number of nitrogens with zero attached hydrogens (tertiary/aromatic N) is 3. The molecule has 0 aliphatic heterocycles. The van der Waals surface area contributed by atoms with Crippen molar-refractivity contribution in [3.63, 3.8) is 0 Å². The molecule has 6 N–H and O–H groups in total. The number of hydrogen-bond donors (Lipinski definition) is 4. The van der Waals surface area contributed by atoms with E-state index in [0.29, 0.717) is 23.0 Å². The van der Waals surface area contributed by atoms with Crippen molar-refractivity contribution >= 4 is 34.9 Å². The van der Waals surface area contributed by atoms with Crippen LogP contribution in [0.25, 0.3) is 6.08 Å². The van der Waals surface area contributed by atoms with E-state index in [0.717, 1.165) is 28.1 Å². The summed E-state index contributed by atoms with van der Waals surface area (Å²) in [6.45, 7) is 4.02. The van der Waals surface area contributed by atoms with Crippen molar-refractivity contribution in [1.29, 1.82) is 5.26 Å². The Bertz CT molecular complexity index is 1040. The maximum atomic E-state index is 8.89. The van der Waals surface area contributed by atoms with Crippen molar-refractivity contribution in [1.82, 2.24) is 9.97 Å². The third-order valence-electron chi connectivity index (χ3n) is 4.17. The number of hydrogen-bond acceptors (Lipinski definition) is 7. The summed E-state index contributed by atoms with van der Waals surface area (Å²) in [4.78, 5) is 8.72. The molecule has 2 aromatic carbocycles. The number of benzene rings is 2. The van der Waals surface area contributed by atoms with Crippen LogP contribution >= 0.6 is 0 Å². The minimum Gasteiger partial charge on any atom is -0.405 e. The van der Waals surface area contributed by atoms with Crippen molar-refractivity contribution in [2.75, 3.05) is 16.4 Å². The zero-order valence-electron chi connectivity index (χ0n) is 15.7. The fraction of sp³-hybridized carbons (Fsp3) is 0.0952. The molecule has 0 spiro atoms. The van der Waals surface area contributed by atoms with Crippen molar-refractivity contribution in [2.24, 2.45) is 5.73 Å². The van der Waals surface area contributed by atoms with Crippen molar-refractivity contribution < 1.29 is 0 Å². The third-order valence-corrected chi connectivity index (χ3v) is 4.17. The SMILES string of the molecule is Cc1cc(/C=C/N)cc(C)c1Nc1nc(Nc2ccc(C#N)cc2)ncc1N. The second-order valence-corrected chi connectivity index (χ2v) is 6.33. The minimum absolute atomic E-state index is 0.402. The predicted molar refractivity (Wildman–Crippen MR) is 113 cm³/mol. The van der Waals surface area contributed by atoms with Gasteiger partial charge in [0.2, 0.25) is 5.95 Å². The highest BCUT2D eigenvalue weighted by Gasteiger charge is 2.10. The zero-order chi connectivity index (χ0) is 20.1. The Kier molecular flexibility index (Phi) is 5.42. The van der Waals surface area contributed by atoms with Gasteiger partial charge in [0.1, 0.15) is 0 Å². The Hall–Kier alpha value is -4.05. The van der Waals surface area contributed by atoms with Crippen LogP contribution in [-0.2, 0) is 0 Å². The first kappa shape index (κ1) is 18.7. The van der Waals surface area contributed by atoms with Crippen LogP contribution in [0.4, 0.5) is 28.8 Å². The number of nitrogen functional groups attached to an aromatic ring is 1. The second-order valence-electron chi connectivity index (χ2n) is 6.33. The highest BCUT2D eigenvalue weighted by Crippen LogP contribution is 2.29. The van der Waals surface area contributed by atoms with E-state index in [1.165, 1.54) is 6.20 Å². The fourth-order valence-electron chi connectivity index (χ4n) is 2.83. The van der Waals surface area contributed by atoms with Gasteiger partial charge in [-0.25, -0.2) is 4.98 Å². The molecular formula is C21H21N7. The molecule has 7 heteroatoms. The van der Waals surface area contributed by atoms with E-state index in [4.69, 9.17) is 16.7 Å². The fourth-order valence-corrected chi connectivity index (χ4v) is 2.83. The number of nitriles is 1. The summed E-state index contributed by atoms with van der Waals surface area (Å²) in [5, 5.41) is 15.3. The lowest BCUT2D eigenvalue weighted by molar-refractivity contribution is 1.16. The summed E-state index contributed by atoms with van der Waals surface area (Å²) in [6.07, 6.45) is 4.92. The van der Waals surface area contributed by atoms with Gasteiger partial charge in [-0.3, -0.25) is 0 Å². The molecule has 28 heavy (non-hydrogen) atoms. The molecule has 0 amide bonds. The predicted octanol–water partition coefficient (Wildman–Crippen LogP) is 3.96. The lowest BCUT2D eigenvalue weighted by Crippen LogP contribution is -2.06. The van der Waals surface area contributed by atoms with E-state index in [2.05, 4.69) is 26.7 Å². The quantitative estimate of drug-likeness (QED) is 0.535. The molecule has 0 aliphatic rings. The summed E-state index contributed by atoms with van der Waals surface area (Å²) in [5.74, 6) is 0.916. The van der Waals surface area contributed by atoms with Gasteiger partial charge in [0.05, 0.1) is 23.5 Å². The Morgan fingerprint density at radius 3 is 2.36 bits per heavy atom. The lowest BCUT2D eigenvalue weighted by atomic mass is 10.0. The van der Waals surface area contributed by atoms with E-state index < -0.39 is 0 Å². The average Bonchev–Trinajstić information content (AvgIpc) is 2.68. The van der Waals surface area contributed by atoms with Crippen LogP contribution in [0.3, 0.4) is 0 Å². The maximum Gasteiger partial charge on any atom is 0.229 e. The van der Waals surface area contributed by atoms with Gasteiger partial charge >= 0.3 is 0 Å². The van der Waals surface area contributed by atoms with Crippen molar-refractivity contribution in [3.8, 4) is 6.07 Å². The first-order valence-electron chi connectivity index (χ1n) is 8.66. The largest absolute Gasteiger partial charge is 0.405 e. The maximum absolute atomic E-state index is 8.89. The van der Waals surface area contributed by atoms with Gasteiger partial charge in [0.15, 0.2) is 5.82 Å². The molecule has 0 saturated heterocycles.